The van der Waals surface area contributed by atoms with E-state index < -0.39 is 10.0 Å². The third-order valence-corrected chi connectivity index (χ3v) is 7.13. The number of sulfonamides is 1. The lowest BCUT2D eigenvalue weighted by Gasteiger charge is -2.56. The summed E-state index contributed by atoms with van der Waals surface area (Å²) < 4.78 is 26.0. The van der Waals surface area contributed by atoms with Gasteiger partial charge < -0.3 is 9.88 Å². The highest BCUT2D eigenvalue weighted by atomic mass is 32.2. The number of amides is 1. The van der Waals surface area contributed by atoms with Gasteiger partial charge in [-0.25, -0.2) is 18.1 Å². The van der Waals surface area contributed by atoms with Crippen molar-refractivity contribution in [1.82, 2.24) is 24.5 Å². The first-order valence-corrected chi connectivity index (χ1v) is 11.7. The number of carbonyl (C=O) groups is 1. The molecule has 2 N–H and O–H groups in total. The van der Waals surface area contributed by atoms with E-state index in [1.54, 1.807) is 6.33 Å². The molecule has 3 aliphatic heterocycles. The van der Waals surface area contributed by atoms with Gasteiger partial charge in [0.2, 0.25) is 15.9 Å². The van der Waals surface area contributed by atoms with Crippen LogP contribution in [0.1, 0.15) is 37.1 Å². The first-order chi connectivity index (χ1) is 12.8. The molecule has 1 aromatic rings. The number of rotatable bonds is 5. The molecule has 9 heteroatoms. The van der Waals surface area contributed by atoms with Crippen molar-refractivity contribution >= 4 is 15.9 Å². The van der Waals surface area contributed by atoms with Crippen molar-refractivity contribution in [3.05, 3.63) is 17.7 Å². The van der Waals surface area contributed by atoms with E-state index in [4.69, 9.17) is 0 Å². The van der Waals surface area contributed by atoms with Crippen LogP contribution in [0.5, 0.6) is 0 Å². The number of piperidine rings is 3. The number of H-pyrrole nitrogens is 1. The first kappa shape index (κ1) is 18.9. The second-order valence-electron chi connectivity index (χ2n) is 8.37. The molecule has 1 aromatic heterocycles. The number of aromatic nitrogens is 2. The first-order valence-electron chi connectivity index (χ1n) is 9.79. The van der Waals surface area contributed by atoms with E-state index in [1.807, 2.05) is 11.8 Å². The van der Waals surface area contributed by atoms with Gasteiger partial charge in [-0.2, -0.15) is 0 Å². The minimum Gasteiger partial charge on any atom is -0.348 e. The standard InChI is InChI=1S/C18H29N5O3S/c1-12-15(20-11-19-12)10-22-8-13-6-14(9-22)17(7-21-27(2,25)26)23-16(13)4-3-5-18(23)24/h11,13-14,16-17,21H,3-10H2,1-2H3,(H,19,20)/t13-,14+,16+,17+/m1/s1. The zero-order valence-electron chi connectivity index (χ0n) is 16.0. The molecule has 0 saturated carbocycles. The Labute approximate surface area is 160 Å². The van der Waals surface area contributed by atoms with Gasteiger partial charge in [0.1, 0.15) is 0 Å². The molecule has 0 aromatic carbocycles. The third kappa shape index (κ3) is 3.90. The van der Waals surface area contributed by atoms with Crippen molar-refractivity contribution in [1.29, 1.82) is 0 Å². The van der Waals surface area contributed by atoms with Crippen LogP contribution in [0.15, 0.2) is 6.33 Å². The third-order valence-electron chi connectivity index (χ3n) is 6.43. The van der Waals surface area contributed by atoms with Crippen molar-refractivity contribution in [2.45, 2.75) is 51.2 Å². The lowest BCUT2D eigenvalue weighted by atomic mass is 9.72. The fourth-order valence-electron chi connectivity index (χ4n) is 5.26. The second-order valence-corrected chi connectivity index (χ2v) is 10.2. The number of fused-ring (bicyclic) bond motifs is 4. The maximum Gasteiger partial charge on any atom is 0.223 e. The van der Waals surface area contributed by atoms with Crippen LogP contribution in [0, 0.1) is 18.8 Å². The largest absolute Gasteiger partial charge is 0.348 e. The predicted molar refractivity (Wildman–Crippen MR) is 101 cm³/mol. The number of nitrogens with zero attached hydrogens (tertiary/aromatic N) is 3. The number of likely N-dealkylation sites (tertiary alicyclic amines) is 1. The Morgan fingerprint density at radius 2 is 2.11 bits per heavy atom. The topological polar surface area (TPSA) is 98.4 Å². The van der Waals surface area contributed by atoms with Crippen LogP contribution in [-0.4, -0.2) is 72.1 Å². The van der Waals surface area contributed by atoms with Gasteiger partial charge in [-0.1, -0.05) is 0 Å². The number of nitrogens with one attached hydrogen (secondary N) is 2. The molecule has 3 fully saturated rings. The minimum absolute atomic E-state index is 0.0585. The molecule has 1 amide bonds. The van der Waals surface area contributed by atoms with Crippen LogP contribution in [0.2, 0.25) is 0 Å². The van der Waals surface area contributed by atoms with E-state index in [1.165, 1.54) is 6.26 Å². The summed E-state index contributed by atoms with van der Waals surface area (Å²) >= 11 is 0. The summed E-state index contributed by atoms with van der Waals surface area (Å²) in [5.74, 6) is 0.940. The Morgan fingerprint density at radius 3 is 2.81 bits per heavy atom. The van der Waals surface area contributed by atoms with E-state index in [-0.39, 0.29) is 23.9 Å². The number of hydrogen-bond acceptors (Lipinski definition) is 5. The van der Waals surface area contributed by atoms with Crippen molar-refractivity contribution in [2.24, 2.45) is 11.8 Å². The maximum atomic E-state index is 12.7. The van der Waals surface area contributed by atoms with Crippen molar-refractivity contribution in [3.63, 3.8) is 0 Å². The van der Waals surface area contributed by atoms with Gasteiger partial charge in [-0.15, -0.1) is 0 Å². The molecule has 0 unspecified atom stereocenters. The summed E-state index contributed by atoms with van der Waals surface area (Å²) in [7, 11) is -3.28. The van der Waals surface area contributed by atoms with Crippen LogP contribution < -0.4 is 4.72 Å². The lowest BCUT2D eigenvalue weighted by Crippen LogP contribution is -2.66. The van der Waals surface area contributed by atoms with Crippen molar-refractivity contribution in [2.75, 3.05) is 25.9 Å². The minimum atomic E-state index is -3.28. The molecule has 3 aliphatic rings. The molecular formula is C18H29N5O3S. The Hall–Kier alpha value is -1.45. The number of aryl methyl sites for hydroxylation is 1. The fourth-order valence-corrected chi connectivity index (χ4v) is 5.73. The van der Waals surface area contributed by atoms with Gasteiger partial charge in [0.05, 0.1) is 18.3 Å². The quantitative estimate of drug-likeness (QED) is 0.755. The molecule has 0 radical (unpaired) electrons. The number of aromatic amines is 1. The monoisotopic (exact) mass is 395 g/mol. The summed E-state index contributed by atoms with van der Waals surface area (Å²) in [6.45, 7) is 5.00. The Morgan fingerprint density at radius 1 is 1.33 bits per heavy atom. The van der Waals surface area contributed by atoms with Crippen LogP contribution >= 0.6 is 0 Å². The molecular weight excluding hydrogens is 366 g/mol. The average Bonchev–Trinajstić information content (AvgIpc) is 2.99. The van der Waals surface area contributed by atoms with Crippen molar-refractivity contribution in [3.8, 4) is 0 Å². The van der Waals surface area contributed by atoms with Crippen molar-refractivity contribution < 1.29 is 13.2 Å². The zero-order valence-corrected chi connectivity index (χ0v) is 16.8. The van der Waals surface area contributed by atoms with Gasteiger partial charge in [-0.05, 0) is 38.0 Å². The van der Waals surface area contributed by atoms with E-state index in [0.29, 0.717) is 18.9 Å². The summed E-state index contributed by atoms with van der Waals surface area (Å²) in [5.41, 5.74) is 2.16. The van der Waals surface area contributed by atoms with E-state index in [2.05, 4.69) is 19.6 Å². The molecule has 150 valence electrons. The molecule has 4 heterocycles. The molecule has 0 spiro atoms. The molecule has 27 heavy (non-hydrogen) atoms. The predicted octanol–water partition coefficient (Wildman–Crippen LogP) is 0.469. The van der Waals surface area contributed by atoms with Crippen LogP contribution in [0.4, 0.5) is 0 Å². The molecule has 4 atom stereocenters. The summed E-state index contributed by atoms with van der Waals surface area (Å²) in [5, 5.41) is 0. The van der Waals surface area contributed by atoms with E-state index in [0.717, 1.165) is 50.3 Å². The Bertz CT molecular complexity index is 808. The average molecular weight is 396 g/mol. The van der Waals surface area contributed by atoms with Gasteiger partial charge in [0.15, 0.2) is 0 Å². The highest BCUT2D eigenvalue weighted by molar-refractivity contribution is 7.88. The van der Waals surface area contributed by atoms with Gasteiger partial charge >= 0.3 is 0 Å². The highest BCUT2D eigenvalue weighted by Crippen LogP contribution is 2.41. The highest BCUT2D eigenvalue weighted by Gasteiger charge is 2.49. The van der Waals surface area contributed by atoms with Gasteiger partial charge in [-0.3, -0.25) is 9.69 Å². The summed E-state index contributed by atoms with van der Waals surface area (Å²) in [6, 6.07) is 0.175. The Kier molecular flexibility index (Phi) is 5.02. The maximum absolute atomic E-state index is 12.7. The molecule has 2 bridgehead atoms. The zero-order chi connectivity index (χ0) is 19.2. The van der Waals surface area contributed by atoms with Crippen LogP contribution in [0.25, 0.3) is 0 Å². The summed E-state index contributed by atoms with van der Waals surface area (Å²) in [6.07, 6.45) is 6.53. The Balaban J connectivity index is 1.56. The van der Waals surface area contributed by atoms with Crippen LogP contribution in [0.3, 0.4) is 0 Å². The molecule has 8 nitrogen and oxygen atoms in total. The number of hydrogen-bond donors (Lipinski definition) is 2. The van der Waals surface area contributed by atoms with E-state index >= 15 is 0 Å². The lowest BCUT2D eigenvalue weighted by molar-refractivity contribution is -0.152. The molecule has 0 aliphatic carbocycles. The van der Waals surface area contributed by atoms with E-state index in [9.17, 15) is 13.2 Å². The number of imidazole rings is 1. The van der Waals surface area contributed by atoms with Gasteiger partial charge in [0, 0.05) is 50.4 Å². The number of carbonyl (C=O) groups excluding carboxylic acids is 1. The fraction of sp³-hybridized carbons (Fsp3) is 0.778. The summed E-state index contributed by atoms with van der Waals surface area (Å²) in [4.78, 5) is 24.7. The SMILES string of the molecule is Cc1[nH]cnc1CN1C[C@H]2C[C@@H](C1)[C@H](CNS(C)(=O)=O)N1C(=O)CCC[C@@H]21. The van der Waals surface area contributed by atoms with Crippen LogP contribution in [-0.2, 0) is 21.4 Å². The molecule has 3 saturated heterocycles. The molecule has 4 rings (SSSR count). The smallest absolute Gasteiger partial charge is 0.223 e. The van der Waals surface area contributed by atoms with Gasteiger partial charge in [0.25, 0.3) is 0 Å². The normalized spacial score (nSPS) is 31.8. The second kappa shape index (κ2) is 7.18.